The standard InChI is InChI=1S/C21H30N4O2/c26-20-9-6-17-14-18(23-21(27)24-12-3-10-22-11-13-24)7-8-19(17)25(20)15-16-4-1-2-5-16/h7-8,14,16,22H,1-6,9-13,15H2,(H,23,27). The van der Waals surface area contributed by atoms with Crippen LogP contribution in [0.5, 0.6) is 0 Å². The average molecular weight is 370 g/mol. The minimum Gasteiger partial charge on any atom is -0.323 e. The van der Waals surface area contributed by atoms with Crippen molar-refractivity contribution >= 4 is 23.3 Å². The number of benzene rings is 1. The molecule has 2 heterocycles. The highest BCUT2D eigenvalue weighted by molar-refractivity contribution is 5.97. The smallest absolute Gasteiger partial charge is 0.321 e. The quantitative estimate of drug-likeness (QED) is 0.860. The lowest BCUT2D eigenvalue weighted by Crippen LogP contribution is -2.39. The summed E-state index contributed by atoms with van der Waals surface area (Å²) >= 11 is 0. The van der Waals surface area contributed by atoms with Crippen molar-refractivity contribution in [2.45, 2.75) is 44.9 Å². The zero-order valence-electron chi connectivity index (χ0n) is 16.0. The molecule has 1 aromatic rings. The third-order valence-electron chi connectivity index (χ3n) is 6.07. The second-order valence-electron chi connectivity index (χ2n) is 8.02. The van der Waals surface area contributed by atoms with Gasteiger partial charge in [-0.1, -0.05) is 12.8 Å². The number of amides is 3. The van der Waals surface area contributed by atoms with E-state index in [0.29, 0.717) is 12.3 Å². The van der Waals surface area contributed by atoms with Crippen LogP contribution in [0.15, 0.2) is 18.2 Å². The van der Waals surface area contributed by atoms with Crippen LogP contribution in [0.2, 0.25) is 0 Å². The summed E-state index contributed by atoms with van der Waals surface area (Å²) in [7, 11) is 0. The number of aryl methyl sites for hydroxylation is 1. The molecule has 1 aromatic carbocycles. The van der Waals surface area contributed by atoms with E-state index >= 15 is 0 Å². The summed E-state index contributed by atoms with van der Waals surface area (Å²) in [5, 5.41) is 6.36. The summed E-state index contributed by atoms with van der Waals surface area (Å²) in [4.78, 5) is 28.9. The van der Waals surface area contributed by atoms with E-state index in [1.54, 1.807) is 0 Å². The molecule has 6 heteroatoms. The number of carbonyl (C=O) groups excluding carboxylic acids is 2. The molecule has 0 unspecified atom stereocenters. The predicted molar refractivity (Wildman–Crippen MR) is 107 cm³/mol. The molecule has 3 aliphatic rings. The van der Waals surface area contributed by atoms with Gasteiger partial charge >= 0.3 is 6.03 Å². The summed E-state index contributed by atoms with van der Waals surface area (Å²) in [5.41, 5.74) is 3.03. The van der Waals surface area contributed by atoms with E-state index in [9.17, 15) is 9.59 Å². The number of rotatable bonds is 3. The first-order chi connectivity index (χ1) is 13.2. The Bertz CT molecular complexity index is 691. The van der Waals surface area contributed by atoms with Crippen LogP contribution in [0.25, 0.3) is 0 Å². The van der Waals surface area contributed by atoms with E-state index in [1.165, 1.54) is 31.2 Å². The van der Waals surface area contributed by atoms with Crippen molar-refractivity contribution in [1.82, 2.24) is 10.2 Å². The number of fused-ring (bicyclic) bond motifs is 1. The fourth-order valence-corrected chi connectivity index (χ4v) is 4.54. The number of anilines is 2. The summed E-state index contributed by atoms with van der Waals surface area (Å²) in [6.45, 7) is 4.18. The van der Waals surface area contributed by atoms with E-state index in [2.05, 4.69) is 16.7 Å². The molecule has 2 N–H and O–H groups in total. The maximum atomic E-state index is 12.6. The molecule has 1 aliphatic carbocycles. The summed E-state index contributed by atoms with van der Waals surface area (Å²) in [6, 6.07) is 5.97. The van der Waals surface area contributed by atoms with Crippen molar-refractivity contribution in [3.63, 3.8) is 0 Å². The fourth-order valence-electron chi connectivity index (χ4n) is 4.54. The highest BCUT2D eigenvalue weighted by Gasteiger charge is 2.28. The van der Waals surface area contributed by atoms with E-state index in [1.807, 2.05) is 21.9 Å². The topological polar surface area (TPSA) is 64.7 Å². The Morgan fingerprint density at radius 1 is 1.11 bits per heavy atom. The number of hydrogen-bond acceptors (Lipinski definition) is 3. The number of carbonyl (C=O) groups is 2. The molecule has 2 fully saturated rings. The maximum absolute atomic E-state index is 12.6. The number of nitrogens with one attached hydrogen (secondary N) is 2. The first-order valence-electron chi connectivity index (χ1n) is 10.4. The van der Waals surface area contributed by atoms with Crippen molar-refractivity contribution in [2.24, 2.45) is 5.92 Å². The second-order valence-corrected chi connectivity index (χ2v) is 8.02. The van der Waals surface area contributed by atoms with Gasteiger partial charge in [-0.25, -0.2) is 4.79 Å². The Balaban J connectivity index is 1.45. The van der Waals surface area contributed by atoms with Gasteiger partial charge in [0.25, 0.3) is 0 Å². The lowest BCUT2D eigenvalue weighted by Gasteiger charge is -2.32. The van der Waals surface area contributed by atoms with Crippen LogP contribution in [-0.2, 0) is 11.2 Å². The molecule has 4 rings (SSSR count). The number of nitrogens with zero attached hydrogens (tertiary/aromatic N) is 2. The summed E-state index contributed by atoms with van der Waals surface area (Å²) in [5.74, 6) is 0.874. The molecule has 0 radical (unpaired) electrons. The Morgan fingerprint density at radius 2 is 1.96 bits per heavy atom. The summed E-state index contributed by atoms with van der Waals surface area (Å²) in [6.07, 6.45) is 7.35. The Labute approximate surface area is 161 Å². The van der Waals surface area contributed by atoms with Gasteiger partial charge in [0.1, 0.15) is 0 Å². The lowest BCUT2D eigenvalue weighted by atomic mass is 9.98. The van der Waals surface area contributed by atoms with Gasteiger partial charge in [0.05, 0.1) is 0 Å². The molecule has 0 spiro atoms. The van der Waals surface area contributed by atoms with Crippen molar-refractivity contribution < 1.29 is 9.59 Å². The molecule has 0 aromatic heterocycles. The summed E-state index contributed by atoms with van der Waals surface area (Å²) < 4.78 is 0. The largest absolute Gasteiger partial charge is 0.323 e. The SMILES string of the molecule is O=C(Nc1ccc2c(c1)CCC(=O)N2CC1CCCC1)N1CCCNCC1. The van der Waals surface area contributed by atoms with Gasteiger partial charge in [-0.05, 0) is 61.9 Å². The van der Waals surface area contributed by atoms with Gasteiger partial charge in [0.2, 0.25) is 5.91 Å². The maximum Gasteiger partial charge on any atom is 0.321 e. The molecular weight excluding hydrogens is 340 g/mol. The zero-order valence-corrected chi connectivity index (χ0v) is 16.0. The van der Waals surface area contributed by atoms with Crippen LogP contribution < -0.4 is 15.5 Å². The normalized spacial score (nSPS) is 21.1. The van der Waals surface area contributed by atoms with Crippen molar-refractivity contribution in [3.05, 3.63) is 23.8 Å². The minimum absolute atomic E-state index is 0.0339. The van der Waals surface area contributed by atoms with Crippen molar-refractivity contribution in [2.75, 3.05) is 42.9 Å². The van der Waals surface area contributed by atoms with Crippen molar-refractivity contribution in [3.8, 4) is 0 Å². The highest BCUT2D eigenvalue weighted by Crippen LogP contribution is 2.34. The second kappa shape index (κ2) is 8.30. The van der Waals surface area contributed by atoms with Crippen molar-refractivity contribution in [1.29, 1.82) is 0 Å². The molecular formula is C21H30N4O2. The fraction of sp³-hybridized carbons (Fsp3) is 0.619. The van der Waals surface area contributed by atoms with E-state index in [0.717, 1.165) is 56.9 Å². The molecule has 6 nitrogen and oxygen atoms in total. The van der Waals surface area contributed by atoms with Crippen LogP contribution in [-0.4, -0.2) is 49.6 Å². The first-order valence-corrected chi connectivity index (χ1v) is 10.4. The molecule has 0 atom stereocenters. The molecule has 3 amide bonds. The molecule has 27 heavy (non-hydrogen) atoms. The van der Waals surface area contributed by atoms with Crippen LogP contribution in [0.1, 0.15) is 44.1 Å². The molecule has 0 bridgehead atoms. The number of hydrogen-bond donors (Lipinski definition) is 2. The van der Waals surface area contributed by atoms with Gasteiger partial charge in [-0.2, -0.15) is 0 Å². The van der Waals surface area contributed by atoms with Crippen LogP contribution >= 0.6 is 0 Å². The third kappa shape index (κ3) is 4.26. The number of urea groups is 1. The van der Waals surface area contributed by atoms with E-state index in [-0.39, 0.29) is 11.9 Å². The Kier molecular flexibility index (Phi) is 5.62. The van der Waals surface area contributed by atoms with Gasteiger partial charge < -0.3 is 20.4 Å². The minimum atomic E-state index is -0.0339. The van der Waals surface area contributed by atoms with Crippen LogP contribution in [0, 0.1) is 5.92 Å². The van der Waals surface area contributed by atoms with Gasteiger partial charge in [-0.3, -0.25) is 4.79 Å². The first kappa shape index (κ1) is 18.3. The van der Waals surface area contributed by atoms with E-state index < -0.39 is 0 Å². The van der Waals surface area contributed by atoms with Crippen LogP contribution in [0.4, 0.5) is 16.2 Å². The average Bonchev–Trinajstić information content (AvgIpc) is 3.03. The molecule has 146 valence electrons. The predicted octanol–water partition coefficient (Wildman–Crippen LogP) is 2.98. The molecule has 1 saturated heterocycles. The van der Waals surface area contributed by atoms with Gasteiger partial charge in [-0.15, -0.1) is 0 Å². The Morgan fingerprint density at radius 3 is 2.81 bits per heavy atom. The third-order valence-corrected chi connectivity index (χ3v) is 6.07. The zero-order chi connectivity index (χ0) is 18.6. The van der Waals surface area contributed by atoms with Crippen LogP contribution in [0.3, 0.4) is 0 Å². The molecule has 2 aliphatic heterocycles. The Hall–Kier alpha value is -2.08. The van der Waals surface area contributed by atoms with E-state index in [4.69, 9.17) is 0 Å². The lowest BCUT2D eigenvalue weighted by molar-refractivity contribution is -0.119. The molecule has 1 saturated carbocycles. The van der Waals surface area contributed by atoms with Gasteiger partial charge in [0.15, 0.2) is 0 Å². The monoisotopic (exact) mass is 370 g/mol. The highest BCUT2D eigenvalue weighted by atomic mass is 16.2. The van der Waals surface area contributed by atoms with Gasteiger partial charge in [0, 0.05) is 44.0 Å².